The zero-order valence-electron chi connectivity index (χ0n) is 9.50. The second kappa shape index (κ2) is 4.82. The Labute approximate surface area is 90.8 Å². The van der Waals surface area contributed by atoms with Crippen molar-refractivity contribution in [2.75, 3.05) is 7.11 Å². The van der Waals surface area contributed by atoms with Gasteiger partial charge >= 0.3 is 0 Å². The summed E-state index contributed by atoms with van der Waals surface area (Å²) in [6.07, 6.45) is 0.504. The Hall–Kier alpha value is -1.51. The molecule has 0 radical (unpaired) electrons. The summed E-state index contributed by atoms with van der Waals surface area (Å²) in [7, 11) is 1.67. The normalized spacial score (nSPS) is 10.4. The molecule has 3 nitrogen and oxygen atoms in total. The van der Waals surface area contributed by atoms with E-state index in [4.69, 9.17) is 15.9 Å². The summed E-state index contributed by atoms with van der Waals surface area (Å²) in [6.45, 7) is 4.24. The molecule has 0 saturated carbocycles. The predicted molar refractivity (Wildman–Crippen MR) is 62.7 cm³/mol. The van der Waals surface area contributed by atoms with Gasteiger partial charge in [0.1, 0.15) is 5.75 Å². The van der Waals surface area contributed by atoms with Crippen LogP contribution in [-0.4, -0.2) is 12.9 Å². The van der Waals surface area contributed by atoms with E-state index < -0.39 is 0 Å². The average Bonchev–Trinajstić information content (AvgIpc) is 2.16. The molecule has 0 amide bonds. The van der Waals surface area contributed by atoms with E-state index in [0.29, 0.717) is 12.3 Å². The Balaban J connectivity index is 3.04. The van der Waals surface area contributed by atoms with Gasteiger partial charge in [0.05, 0.1) is 12.9 Å². The second-order valence-electron chi connectivity index (χ2n) is 3.93. The Bertz CT molecular complexity index is 359. The van der Waals surface area contributed by atoms with Gasteiger partial charge in [-0.3, -0.25) is 5.41 Å². The van der Waals surface area contributed by atoms with E-state index in [2.05, 4.69) is 19.9 Å². The monoisotopic (exact) mass is 206 g/mol. The van der Waals surface area contributed by atoms with Crippen molar-refractivity contribution in [3.8, 4) is 5.75 Å². The highest BCUT2D eigenvalue weighted by molar-refractivity contribution is 5.79. The van der Waals surface area contributed by atoms with E-state index in [1.807, 2.05) is 12.1 Å². The Morgan fingerprint density at radius 3 is 2.60 bits per heavy atom. The summed E-state index contributed by atoms with van der Waals surface area (Å²) >= 11 is 0. The smallest absolute Gasteiger partial charge is 0.122 e. The van der Waals surface area contributed by atoms with E-state index in [-0.39, 0.29) is 5.84 Å². The Morgan fingerprint density at radius 2 is 2.13 bits per heavy atom. The van der Waals surface area contributed by atoms with Crippen molar-refractivity contribution < 1.29 is 4.74 Å². The minimum absolute atomic E-state index is 0.190. The third kappa shape index (κ3) is 2.98. The van der Waals surface area contributed by atoms with Crippen molar-refractivity contribution in [3.63, 3.8) is 0 Å². The molecule has 0 aliphatic carbocycles. The van der Waals surface area contributed by atoms with Gasteiger partial charge in [-0.25, -0.2) is 0 Å². The van der Waals surface area contributed by atoms with Gasteiger partial charge < -0.3 is 10.5 Å². The lowest BCUT2D eigenvalue weighted by atomic mass is 9.98. The summed E-state index contributed by atoms with van der Waals surface area (Å²) in [5, 5.41) is 7.25. The molecule has 82 valence electrons. The van der Waals surface area contributed by atoms with Gasteiger partial charge in [-0.05, 0) is 23.1 Å². The van der Waals surface area contributed by atoms with Crippen LogP contribution in [0.5, 0.6) is 5.75 Å². The number of benzene rings is 1. The number of nitrogens with two attached hydrogens (primary N) is 1. The summed E-state index contributed by atoms with van der Waals surface area (Å²) in [5.41, 5.74) is 7.60. The van der Waals surface area contributed by atoms with Gasteiger partial charge in [-0.1, -0.05) is 26.0 Å². The lowest BCUT2D eigenvalue weighted by molar-refractivity contribution is 0.407. The molecule has 0 aliphatic heterocycles. The molecule has 0 heterocycles. The SMILES string of the molecule is COc1ccc(CC(=N)N)cc1C(C)C. The molecule has 1 rings (SSSR count). The summed E-state index contributed by atoms with van der Waals surface area (Å²) < 4.78 is 5.28. The Kier molecular flexibility index (Phi) is 3.72. The standard InChI is InChI=1S/C12H18N2O/c1-8(2)10-6-9(7-12(13)14)4-5-11(10)15-3/h4-6,8H,7H2,1-3H3,(H3,13,14). The third-order valence-corrected chi connectivity index (χ3v) is 2.31. The van der Waals surface area contributed by atoms with Gasteiger partial charge in [0.15, 0.2) is 0 Å². The quantitative estimate of drug-likeness (QED) is 0.586. The molecule has 0 atom stereocenters. The van der Waals surface area contributed by atoms with Crippen LogP contribution in [-0.2, 0) is 6.42 Å². The van der Waals surface area contributed by atoms with Crippen molar-refractivity contribution in [1.82, 2.24) is 0 Å². The largest absolute Gasteiger partial charge is 0.496 e. The number of ether oxygens (including phenoxy) is 1. The number of nitrogens with one attached hydrogen (secondary N) is 1. The van der Waals surface area contributed by atoms with E-state index in [1.165, 1.54) is 0 Å². The highest BCUT2D eigenvalue weighted by atomic mass is 16.5. The van der Waals surface area contributed by atoms with Crippen molar-refractivity contribution in [1.29, 1.82) is 5.41 Å². The van der Waals surface area contributed by atoms with Gasteiger partial charge in [0.25, 0.3) is 0 Å². The maximum atomic E-state index is 7.25. The molecule has 0 aromatic heterocycles. The molecular formula is C12H18N2O. The van der Waals surface area contributed by atoms with Gasteiger partial charge in [-0.15, -0.1) is 0 Å². The molecule has 0 spiro atoms. The van der Waals surface area contributed by atoms with Crippen LogP contribution in [0.25, 0.3) is 0 Å². The molecular weight excluding hydrogens is 188 g/mol. The number of rotatable bonds is 4. The fourth-order valence-corrected chi connectivity index (χ4v) is 1.56. The first-order valence-electron chi connectivity index (χ1n) is 5.04. The van der Waals surface area contributed by atoms with Gasteiger partial charge in [0.2, 0.25) is 0 Å². The van der Waals surface area contributed by atoms with Gasteiger partial charge in [-0.2, -0.15) is 0 Å². The second-order valence-corrected chi connectivity index (χ2v) is 3.93. The predicted octanol–water partition coefficient (Wildman–Crippen LogP) is 2.30. The highest BCUT2D eigenvalue weighted by Crippen LogP contribution is 2.27. The topological polar surface area (TPSA) is 59.1 Å². The average molecular weight is 206 g/mol. The number of amidine groups is 1. The lowest BCUT2D eigenvalue weighted by Crippen LogP contribution is -2.13. The molecule has 0 aliphatic rings. The zero-order valence-corrected chi connectivity index (χ0v) is 9.50. The minimum atomic E-state index is 0.190. The van der Waals surface area contributed by atoms with E-state index in [0.717, 1.165) is 16.9 Å². The summed E-state index contributed by atoms with van der Waals surface area (Å²) in [4.78, 5) is 0. The molecule has 3 N–H and O–H groups in total. The number of hydrogen-bond donors (Lipinski definition) is 2. The van der Waals surface area contributed by atoms with Crippen LogP contribution >= 0.6 is 0 Å². The van der Waals surface area contributed by atoms with Crippen LogP contribution in [0, 0.1) is 5.41 Å². The third-order valence-electron chi connectivity index (χ3n) is 2.31. The van der Waals surface area contributed by atoms with E-state index >= 15 is 0 Å². The van der Waals surface area contributed by atoms with E-state index in [1.54, 1.807) is 7.11 Å². The van der Waals surface area contributed by atoms with Crippen molar-refractivity contribution in [3.05, 3.63) is 29.3 Å². The molecule has 0 fully saturated rings. The molecule has 0 bridgehead atoms. The fraction of sp³-hybridized carbons (Fsp3) is 0.417. The number of hydrogen-bond acceptors (Lipinski definition) is 2. The van der Waals surface area contributed by atoms with E-state index in [9.17, 15) is 0 Å². The maximum absolute atomic E-state index is 7.25. The molecule has 15 heavy (non-hydrogen) atoms. The van der Waals surface area contributed by atoms with Crippen molar-refractivity contribution >= 4 is 5.84 Å². The molecule has 1 aromatic carbocycles. The summed E-state index contributed by atoms with van der Waals surface area (Å²) in [6, 6.07) is 5.95. The summed E-state index contributed by atoms with van der Waals surface area (Å²) in [5.74, 6) is 1.50. The Morgan fingerprint density at radius 1 is 1.47 bits per heavy atom. The maximum Gasteiger partial charge on any atom is 0.122 e. The van der Waals surface area contributed by atoms with Crippen LogP contribution in [0.1, 0.15) is 30.9 Å². The van der Waals surface area contributed by atoms with Crippen LogP contribution in [0.15, 0.2) is 18.2 Å². The lowest BCUT2D eigenvalue weighted by Gasteiger charge is -2.13. The minimum Gasteiger partial charge on any atom is -0.496 e. The highest BCUT2D eigenvalue weighted by Gasteiger charge is 2.08. The first-order valence-corrected chi connectivity index (χ1v) is 5.04. The molecule has 0 saturated heterocycles. The van der Waals surface area contributed by atoms with Crippen LogP contribution < -0.4 is 10.5 Å². The molecule has 3 heteroatoms. The van der Waals surface area contributed by atoms with Crippen molar-refractivity contribution in [2.24, 2.45) is 5.73 Å². The fourth-order valence-electron chi connectivity index (χ4n) is 1.56. The van der Waals surface area contributed by atoms with Crippen LogP contribution in [0.3, 0.4) is 0 Å². The van der Waals surface area contributed by atoms with Crippen molar-refractivity contribution in [2.45, 2.75) is 26.2 Å². The van der Waals surface area contributed by atoms with Crippen LogP contribution in [0.4, 0.5) is 0 Å². The first-order chi connectivity index (χ1) is 7.04. The van der Waals surface area contributed by atoms with Gasteiger partial charge in [0, 0.05) is 6.42 Å². The zero-order chi connectivity index (χ0) is 11.4. The molecule has 1 aromatic rings. The molecule has 0 unspecified atom stereocenters. The first kappa shape index (κ1) is 11.6. The van der Waals surface area contributed by atoms with Crippen LogP contribution in [0.2, 0.25) is 0 Å². The number of methoxy groups -OCH3 is 1.